The monoisotopic (exact) mass is 1720 g/mol. The fraction of sp³-hybridized carbons (Fsp3) is 0. The number of imidazole rings is 3. The van der Waals surface area contributed by atoms with E-state index in [1.165, 1.54) is 105 Å². The van der Waals surface area contributed by atoms with Crippen LogP contribution in [0.5, 0.6) is 0 Å². The molecule has 0 atom stereocenters. The quantitative estimate of drug-likeness (QED) is 0.103. The maximum absolute atomic E-state index is 6.41. The van der Waals surface area contributed by atoms with E-state index < -0.39 is 0 Å². The first kappa shape index (κ1) is 78.2. The van der Waals surface area contributed by atoms with Crippen molar-refractivity contribution >= 4 is 167 Å². The Bertz CT molecular complexity index is 8990. The maximum Gasteiger partial charge on any atom is 0.148 e. The Morgan fingerprint density at radius 2 is 0.478 bits per heavy atom. The molecule has 7 heterocycles. The molecule has 134 heavy (non-hydrogen) atoms. The summed E-state index contributed by atoms with van der Waals surface area (Å²) in [5.74, 6) is 0. The molecule has 0 amide bonds. The van der Waals surface area contributed by atoms with Crippen LogP contribution in [0.1, 0.15) is 0 Å². The Hall–Kier alpha value is -18.1. The molecule has 0 fully saturated rings. The van der Waals surface area contributed by atoms with E-state index in [-0.39, 0.29) is 0 Å². The largest absolute Gasteiger partial charge is 0.455 e. The third-order valence-corrected chi connectivity index (χ3v) is 26.3. The molecule has 0 unspecified atom stereocenters. The van der Waals surface area contributed by atoms with Gasteiger partial charge >= 0.3 is 0 Å². The highest BCUT2D eigenvalue weighted by atomic mass is 16.3. The van der Waals surface area contributed by atoms with Gasteiger partial charge in [-0.05, 0) is 210 Å². The van der Waals surface area contributed by atoms with Crippen LogP contribution in [0.2, 0.25) is 0 Å². The van der Waals surface area contributed by atoms with Crippen molar-refractivity contribution in [2.24, 2.45) is 0 Å². The van der Waals surface area contributed by atoms with Crippen molar-refractivity contribution in [1.29, 1.82) is 0 Å². The van der Waals surface area contributed by atoms with Gasteiger partial charge in [-0.3, -0.25) is 26.9 Å². The van der Waals surface area contributed by atoms with Crippen LogP contribution in [0.4, 0.5) is 51.2 Å². The van der Waals surface area contributed by atoms with Gasteiger partial charge in [0.1, 0.15) is 28.1 Å². The van der Waals surface area contributed by atoms with E-state index in [9.17, 15) is 0 Å². The molecule has 27 rings (SSSR count). The van der Waals surface area contributed by atoms with Gasteiger partial charge in [-0.2, -0.15) is 0 Å². The molecule has 0 aliphatic heterocycles. The molecule has 0 bridgehead atoms. The van der Waals surface area contributed by atoms with Crippen LogP contribution in [0.15, 0.2) is 520 Å². The highest BCUT2D eigenvalue weighted by Crippen LogP contribution is 2.51. The zero-order valence-electron chi connectivity index (χ0n) is 73.0. The minimum atomic E-state index is 0.908. The molecular formula is C124H85N9O. The van der Waals surface area contributed by atoms with Crippen LogP contribution >= 0.6 is 0 Å². The topological polar surface area (TPSA) is 50.9 Å². The van der Waals surface area contributed by atoms with Gasteiger partial charge in [0, 0.05) is 106 Å². The number of para-hydroxylation sites is 18. The number of nitrogens with zero attached hydrogens (tertiary/aromatic N) is 9. The van der Waals surface area contributed by atoms with Gasteiger partial charge in [0.2, 0.25) is 0 Å². The zero-order valence-corrected chi connectivity index (χ0v) is 73.0. The van der Waals surface area contributed by atoms with Gasteiger partial charge < -0.3 is 19.1 Å². The van der Waals surface area contributed by atoms with Crippen molar-refractivity contribution < 1.29 is 4.42 Å². The number of rotatable bonds is 15. The number of anilines is 9. The smallest absolute Gasteiger partial charge is 0.148 e. The summed E-state index contributed by atoms with van der Waals surface area (Å²) in [5.41, 5.74) is 36.5. The molecule has 27 aromatic rings. The first-order chi connectivity index (χ1) is 66.6. The molecule has 0 spiro atoms. The number of hydrogen-bond donors (Lipinski definition) is 0. The Kier molecular flexibility index (Phi) is 19.4. The number of hydrogen-bond acceptors (Lipinski definition) is 4. The molecule has 0 aliphatic carbocycles. The van der Waals surface area contributed by atoms with Crippen molar-refractivity contribution in [3.63, 3.8) is 0 Å². The maximum atomic E-state index is 6.41. The van der Waals surface area contributed by atoms with E-state index >= 15 is 0 Å². The summed E-state index contributed by atoms with van der Waals surface area (Å²) >= 11 is 0. The van der Waals surface area contributed by atoms with E-state index in [0.717, 1.165) is 112 Å². The Morgan fingerprint density at radius 3 is 0.940 bits per heavy atom. The standard InChI is InChI=1S/C44H29N3O.C42H29N3.C38H27N3/c1-3-14-31(15-4-1)45(33-28-26-30(27-29-33)34-20-13-21-36-35-18-8-12-25-41(35)48-43(34)36)42-37-19-7-9-22-38(37)47-40-24-11-10-23-39(40)46(44(42)47)32-16-5-2-6-17-32;1-3-16-32(17-4-1)43(37-25-13-15-30-14-7-8-20-35(30)37)34-28-26-31(27-29-34)41-36-21-9-10-22-38(36)45-40-24-12-11-23-39(40)44(42(41)45)33-18-5-2-6-19-33;1-4-14-29(15-5-1)39(30-16-6-2-7-17-30)32-26-24-28(25-27-32)37-33-20-10-11-21-34(33)41-36-23-13-12-22-35(36)40(38(37)41)31-18-8-3-9-19-31/h1-29H;1-29H;1-27H. The second-order valence-corrected chi connectivity index (χ2v) is 33.9. The molecule has 20 aromatic carbocycles. The molecule has 0 saturated carbocycles. The van der Waals surface area contributed by atoms with Crippen molar-refractivity contribution in [3.05, 3.63) is 516 Å². The zero-order chi connectivity index (χ0) is 88.5. The Labute approximate surface area is 773 Å². The first-order valence-electron chi connectivity index (χ1n) is 45.6. The molecule has 7 aromatic heterocycles. The van der Waals surface area contributed by atoms with Gasteiger partial charge in [-0.15, -0.1) is 0 Å². The van der Waals surface area contributed by atoms with Crippen molar-refractivity contribution in [2.75, 3.05) is 14.7 Å². The summed E-state index contributed by atoms with van der Waals surface area (Å²) in [6.45, 7) is 0. The molecule has 0 N–H and O–H groups in total. The van der Waals surface area contributed by atoms with Gasteiger partial charge in [0.25, 0.3) is 0 Å². The molecule has 0 aliphatic rings. The average molecular weight is 1720 g/mol. The summed E-state index contributed by atoms with van der Waals surface area (Å²) < 4.78 is 20.9. The molecule has 0 radical (unpaired) electrons. The Morgan fingerprint density at radius 1 is 0.179 bits per heavy atom. The fourth-order valence-electron chi connectivity index (χ4n) is 20.5. The summed E-state index contributed by atoms with van der Waals surface area (Å²) in [5, 5.41) is 8.39. The predicted octanol–water partition coefficient (Wildman–Crippen LogP) is 33.6. The molecule has 632 valence electrons. The highest BCUT2D eigenvalue weighted by molar-refractivity contribution is 6.15. The SMILES string of the molecule is c1ccc(N(c2ccc(-c3c4ccccc4n4c5ccccc5n(-c5ccccc5)c34)cc2)c2cccc3ccccc23)cc1.c1ccc(N(c2ccc(-c3cccc4c3oc3ccccc34)cc2)c2c3ccccc3n3c4ccccc4n(-c4ccccc4)c23)cc1.c1ccc(N(c2ccccc2)c2ccc(-c3c4ccccc4n4c5ccccc5n(-c5ccccc5)c34)cc2)cc1. The summed E-state index contributed by atoms with van der Waals surface area (Å²) in [7, 11) is 0. The first-order valence-corrected chi connectivity index (χ1v) is 45.6. The van der Waals surface area contributed by atoms with Gasteiger partial charge in [0.05, 0.1) is 61.0 Å². The number of aromatic nitrogens is 6. The van der Waals surface area contributed by atoms with E-state index in [2.05, 4.69) is 545 Å². The second kappa shape index (κ2) is 33.2. The van der Waals surface area contributed by atoms with Gasteiger partial charge in [-0.1, -0.05) is 328 Å². The van der Waals surface area contributed by atoms with Crippen LogP contribution < -0.4 is 14.7 Å². The van der Waals surface area contributed by atoms with Gasteiger partial charge in [0.15, 0.2) is 0 Å². The van der Waals surface area contributed by atoms with Crippen LogP contribution in [-0.2, 0) is 0 Å². The van der Waals surface area contributed by atoms with E-state index in [1.54, 1.807) is 0 Å². The van der Waals surface area contributed by atoms with Crippen LogP contribution in [0.25, 0.3) is 166 Å². The van der Waals surface area contributed by atoms with Gasteiger partial charge in [-0.25, -0.2) is 0 Å². The van der Waals surface area contributed by atoms with Crippen molar-refractivity contribution in [3.8, 4) is 50.4 Å². The van der Waals surface area contributed by atoms with E-state index in [0.29, 0.717) is 0 Å². The number of benzene rings is 20. The summed E-state index contributed by atoms with van der Waals surface area (Å²) in [6, 6.07) is 184. The van der Waals surface area contributed by atoms with Crippen LogP contribution in [0.3, 0.4) is 0 Å². The average Bonchev–Trinajstić information content (AvgIpc) is 1.55. The third-order valence-electron chi connectivity index (χ3n) is 26.3. The minimum absolute atomic E-state index is 0.908. The lowest BCUT2D eigenvalue weighted by Crippen LogP contribution is -2.11. The molecule has 10 nitrogen and oxygen atoms in total. The number of fused-ring (bicyclic) bond motifs is 19. The van der Waals surface area contributed by atoms with E-state index in [1.807, 2.05) is 12.1 Å². The normalized spacial score (nSPS) is 11.6. The van der Waals surface area contributed by atoms with Crippen molar-refractivity contribution in [1.82, 2.24) is 26.9 Å². The second-order valence-electron chi connectivity index (χ2n) is 33.9. The predicted molar refractivity (Wildman–Crippen MR) is 560 cm³/mol. The van der Waals surface area contributed by atoms with Crippen LogP contribution in [-0.4, -0.2) is 26.9 Å². The van der Waals surface area contributed by atoms with Crippen LogP contribution in [0, 0.1) is 0 Å². The number of furan rings is 1. The Balaban J connectivity index is 0.000000108. The molecular weight excluding hydrogens is 1630 g/mol. The van der Waals surface area contributed by atoms with E-state index in [4.69, 9.17) is 4.42 Å². The highest BCUT2D eigenvalue weighted by Gasteiger charge is 2.30. The third kappa shape index (κ3) is 13.2. The lowest BCUT2D eigenvalue weighted by atomic mass is 10.0. The lowest BCUT2D eigenvalue weighted by molar-refractivity contribution is 0.670. The minimum Gasteiger partial charge on any atom is -0.455 e. The molecule has 10 heteroatoms. The fourth-order valence-corrected chi connectivity index (χ4v) is 20.5. The lowest BCUT2D eigenvalue weighted by Gasteiger charge is -2.27. The summed E-state index contributed by atoms with van der Waals surface area (Å²) in [4.78, 5) is 7.07. The van der Waals surface area contributed by atoms with Crippen molar-refractivity contribution in [2.45, 2.75) is 0 Å². The summed E-state index contributed by atoms with van der Waals surface area (Å²) in [6.07, 6.45) is 0. The molecule has 0 saturated heterocycles.